The van der Waals surface area contributed by atoms with E-state index >= 15 is 0 Å². The molecular formula is C26H35N7O3. The van der Waals surface area contributed by atoms with Crippen molar-refractivity contribution in [3.8, 4) is 11.4 Å². The van der Waals surface area contributed by atoms with Crippen molar-refractivity contribution in [2.24, 2.45) is 0 Å². The van der Waals surface area contributed by atoms with Crippen LogP contribution in [-0.4, -0.2) is 78.3 Å². The minimum absolute atomic E-state index is 0.0865. The third-order valence-corrected chi connectivity index (χ3v) is 7.09. The van der Waals surface area contributed by atoms with E-state index in [0.717, 1.165) is 55.0 Å². The highest BCUT2D eigenvalue weighted by atomic mass is 16.5. The molecule has 3 N–H and O–H groups in total. The molecule has 1 unspecified atom stereocenters. The Morgan fingerprint density at radius 3 is 2.75 bits per heavy atom. The van der Waals surface area contributed by atoms with E-state index in [1.54, 1.807) is 0 Å². The summed E-state index contributed by atoms with van der Waals surface area (Å²) < 4.78 is 5.68. The van der Waals surface area contributed by atoms with Crippen LogP contribution in [0.2, 0.25) is 0 Å². The molecule has 192 valence electrons. The van der Waals surface area contributed by atoms with E-state index in [1.807, 2.05) is 36.1 Å². The van der Waals surface area contributed by atoms with Gasteiger partial charge in [0.25, 0.3) is 0 Å². The molecule has 0 bridgehead atoms. The van der Waals surface area contributed by atoms with Crippen LogP contribution in [0, 0.1) is 0 Å². The molecule has 10 heteroatoms. The Morgan fingerprint density at radius 2 is 2.03 bits per heavy atom. The number of aromatic nitrogens is 2. The van der Waals surface area contributed by atoms with Gasteiger partial charge in [0.05, 0.1) is 37.5 Å². The van der Waals surface area contributed by atoms with Gasteiger partial charge >= 0.3 is 6.03 Å². The fourth-order valence-electron chi connectivity index (χ4n) is 5.16. The molecule has 5 rings (SSSR count). The number of carbonyl (C=O) groups is 2. The molecule has 0 saturated carbocycles. The number of nitrogens with one attached hydrogen (secondary N) is 3. The molecule has 0 spiro atoms. The molecule has 0 aliphatic carbocycles. The number of morpholine rings is 1. The number of nitrogens with zero attached hydrogens (tertiary/aromatic N) is 4. The number of fused-ring (bicyclic) bond motifs is 1. The Balaban J connectivity index is 1.46. The number of anilines is 2. The van der Waals surface area contributed by atoms with Crippen LogP contribution in [0.1, 0.15) is 37.9 Å². The van der Waals surface area contributed by atoms with E-state index in [-0.39, 0.29) is 24.0 Å². The third-order valence-electron chi connectivity index (χ3n) is 7.09. The molecule has 2 atom stereocenters. The minimum atomic E-state index is -0.236. The maximum atomic E-state index is 13.1. The summed E-state index contributed by atoms with van der Waals surface area (Å²) in [4.78, 5) is 39.2. The number of ether oxygens (including phenoxy) is 1. The fourth-order valence-corrected chi connectivity index (χ4v) is 5.16. The molecule has 3 aliphatic heterocycles. The Kier molecular flexibility index (Phi) is 7.33. The van der Waals surface area contributed by atoms with Crippen molar-refractivity contribution in [3.05, 3.63) is 35.5 Å². The smallest absolute Gasteiger partial charge is 0.319 e. The maximum Gasteiger partial charge on any atom is 0.319 e. The highest BCUT2D eigenvalue weighted by Crippen LogP contribution is 2.32. The Hall–Kier alpha value is -3.24. The van der Waals surface area contributed by atoms with Gasteiger partial charge in [0.2, 0.25) is 5.91 Å². The van der Waals surface area contributed by atoms with Crippen molar-refractivity contribution in [3.63, 3.8) is 0 Å². The monoisotopic (exact) mass is 493 g/mol. The second-order valence-corrected chi connectivity index (χ2v) is 9.63. The van der Waals surface area contributed by atoms with Crippen molar-refractivity contribution >= 4 is 23.4 Å². The van der Waals surface area contributed by atoms with Gasteiger partial charge in [0.1, 0.15) is 5.82 Å². The van der Waals surface area contributed by atoms with Crippen LogP contribution in [0.25, 0.3) is 11.4 Å². The molecule has 2 saturated heterocycles. The van der Waals surface area contributed by atoms with Crippen LogP contribution in [0.15, 0.2) is 24.3 Å². The standard InChI is InChI=1S/C26H35N7O3/c1-3-27-26(35)29-19-8-6-18(7-9-19)23-30-22-15-32(25(34)21-5-4-11-28-21)12-10-20(22)24(31-23)33-13-14-36-16-17(33)2/h6-9,17,21,28H,3-5,10-16H2,1-2H3,(H2,27,29,35)/t17-,21?/m0/s1. The van der Waals surface area contributed by atoms with E-state index in [0.29, 0.717) is 44.4 Å². The second-order valence-electron chi connectivity index (χ2n) is 9.63. The van der Waals surface area contributed by atoms with Crippen LogP contribution in [0.3, 0.4) is 0 Å². The molecule has 2 aromatic rings. The van der Waals surface area contributed by atoms with Crippen LogP contribution >= 0.6 is 0 Å². The third kappa shape index (κ3) is 5.15. The van der Waals surface area contributed by atoms with E-state index in [1.165, 1.54) is 0 Å². The molecule has 1 aromatic carbocycles. The summed E-state index contributed by atoms with van der Waals surface area (Å²) in [5.74, 6) is 1.74. The van der Waals surface area contributed by atoms with Crippen molar-refractivity contribution in [1.29, 1.82) is 0 Å². The minimum Gasteiger partial charge on any atom is -0.377 e. The van der Waals surface area contributed by atoms with Gasteiger partial charge < -0.3 is 30.5 Å². The van der Waals surface area contributed by atoms with Crippen molar-refractivity contribution < 1.29 is 14.3 Å². The number of hydrogen-bond acceptors (Lipinski definition) is 7. The quantitative estimate of drug-likeness (QED) is 0.585. The first-order valence-electron chi connectivity index (χ1n) is 12.9. The van der Waals surface area contributed by atoms with Gasteiger partial charge in [-0.15, -0.1) is 0 Å². The van der Waals surface area contributed by atoms with Gasteiger partial charge in [-0.2, -0.15) is 0 Å². The van der Waals surface area contributed by atoms with Gasteiger partial charge in [0.15, 0.2) is 5.82 Å². The molecule has 3 aliphatic rings. The summed E-state index contributed by atoms with van der Waals surface area (Å²) in [7, 11) is 0. The van der Waals surface area contributed by atoms with Gasteiger partial charge in [-0.05, 0) is 63.9 Å². The zero-order chi connectivity index (χ0) is 25.1. The number of rotatable bonds is 5. The van der Waals surface area contributed by atoms with Crippen molar-refractivity contribution in [2.45, 2.75) is 51.7 Å². The highest BCUT2D eigenvalue weighted by Gasteiger charge is 2.33. The number of amides is 3. The summed E-state index contributed by atoms with van der Waals surface area (Å²) in [6, 6.07) is 7.43. The molecule has 36 heavy (non-hydrogen) atoms. The van der Waals surface area contributed by atoms with E-state index in [4.69, 9.17) is 14.7 Å². The molecule has 4 heterocycles. The molecule has 0 radical (unpaired) electrons. The van der Waals surface area contributed by atoms with E-state index in [2.05, 4.69) is 27.8 Å². The van der Waals surface area contributed by atoms with Crippen LogP contribution in [-0.2, 0) is 22.5 Å². The molecule has 2 fully saturated rings. The maximum absolute atomic E-state index is 13.1. The predicted molar refractivity (Wildman–Crippen MR) is 138 cm³/mol. The average molecular weight is 494 g/mol. The van der Waals surface area contributed by atoms with Crippen molar-refractivity contribution in [2.75, 3.05) is 49.6 Å². The number of benzene rings is 1. The average Bonchev–Trinajstić information content (AvgIpc) is 3.43. The zero-order valence-electron chi connectivity index (χ0n) is 21.0. The lowest BCUT2D eigenvalue weighted by Crippen LogP contribution is -2.47. The lowest BCUT2D eigenvalue weighted by molar-refractivity contribution is -0.134. The van der Waals surface area contributed by atoms with Crippen LogP contribution in [0.4, 0.5) is 16.3 Å². The Bertz CT molecular complexity index is 1100. The summed E-state index contributed by atoms with van der Waals surface area (Å²) >= 11 is 0. The lowest BCUT2D eigenvalue weighted by atomic mass is 10.0. The summed E-state index contributed by atoms with van der Waals surface area (Å²) in [5, 5.41) is 8.88. The summed E-state index contributed by atoms with van der Waals surface area (Å²) in [6.07, 6.45) is 2.67. The van der Waals surface area contributed by atoms with Crippen LogP contribution in [0.5, 0.6) is 0 Å². The summed E-state index contributed by atoms with van der Waals surface area (Å²) in [5.41, 5.74) is 3.61. The zero-order valence-corrected chi connectivity index (χ0v) is 21.0. The SMILES string of the molecule is CCNC(=O)Nc1ccc(-c2nc3c(c(N4CCOC[C@@H]4C)n2)CCN(C(=O)C2CCCN2)C3)cc1. The number of hydrogen-bond donors (Lipinski definition) is 3. The highest BCUT2D eigenvalue weighted by molar-refractivity contribution is 5.89. The second kappa shape index (κ2) is 10.8. The Labute approximate surface area is 211 Å². The molecular weight excluding hydrogens is 458 g/mol. The first kappa shape index (κ1) is 24.5. The number of carbonyl (C=O) groups excluding carboxylic acids is 2. The molecule has 1 aromatic heterocycles. The molecule has 3 amide bonds. The van der Waals surface area contributed by atoms with Gasteiger partial charge in [-0.3, -0.25) is 4.79 Å². The first-order chi connectivity index (χ1) is 17.5. The largest absolute Gasteiger partial charge is 0.377 e. The lowest BCUT2D eigenvalue weighted by Gasteiger charge is -2.38. The van der Waals surface area contributed by atoms with Gasteiger partial charge in [0, 0.05) is 36.4 Å². The topological polar surface area (TPSA) is 112 Å². The molecule has 10 nitrogen and oxygen atoms in total. The van der Waals surface area contributed by atoms with Crippen LogP contribution < -0.4 is 20.9 Å². The normalized spacial score (nSPS) is 21.7. The first-order valence-corrected chi connectivity index (χ1v) is 12.9. The fraction of sp³-hybridized carbons (Fsp3) is 0.538. The predicted octanol–water partition coefficient (Wildman–Crippen LogP) is 2.15. The van der Waals surface area contributed by atoms with Gasteiger partial charge in [-0.1, -0.05) is 0 Å². The van der Waals surface area contributed by atoms with E-state index < -0.39 is 0 Å². The van der Waals surface area contributed by atoms with Crippen molar-refractivity contribution in [1.82, 2.24) is 25.5 Å². The van der Waals surface area contributed by atoms with Gasteiger partial charge in [-0.25, -0.2) is 14.8 Å². The van der Waals surface area contributed by atoms with E-state index in [9.17, 15) is 9.59 Å². The number of urea groups is 1. The Morgan fingerprint density at radius 1 is 1.19 bits per heavy atom. The summed E-state index contributed by atoms with van der Waals surface area (Å²) in [6.45, 7) is 8.75.